The molecule has 1 unspecified atom stereocenters. The van der Waals surface area contributed by atoms with Crippen molar-refractivity contribution in [2.24, 2.45) is 0 Å². The van der Waals surface area contributed by atoms with Crippen LogP contribution in [0.5, 0.6) is 0 Å². The molecule has 0 saturated heterocycles. The SMILES string of the molecule is O=C(O)NC1CNCc2ccccc2C1. The molecule has 0 saturated carbocycles. The standard InChI is InChI=1S/C11H14N2O2/c14-11(15)13-10-5-8-3-1-2-4-9(8)6-12-7-10/h1-4,10,12-13H,5-7H2,(H,14,15). The molecule has 1 aliphatic heterocycles. The summed E-state index contributed by atoms with van der Waals surface area (Å²) in [5, 5.41) is 14.4. The van der Waals surface area contributed by atoms with Crippen molar-refractivity contribution in [2.75, 3.05) is 6.54 Å². The molecule has 1 aromatic rings. The lowest BCUT2D eigenvalue weighted by Crippen LogP contribution is -2.41. The maximum Gasteiger partial charge on any atom is 0.404 e. The van der Waals surface area contributed by atoms with Gasteiger partial charge in [0.1, 0.15) is 0 Å². The Labute approximate surface area is 88.3 Å². The molecule has 0 bridgehead atoms. The molecule has 0 aromatic heterocycles. The van der Waals surface area contributed by atoms with Crippen molar-refractivity contribution in [1.82, 2.24) is 10.6 Å². The molecule has 4 heteroatoms. The summed E-state index contributed by atoms with van der Waals surface area (Å²) in [5.74, 6) is 0. The lowest BCUT2D eigenvalue weighted by molar-refractivity contribution is 0.189. The monoisotopic (exact) mass is 206 g/mol. The summed E-state index contributed by atoms with van der Waals surface area (Å²) in [6.45, 7) is 1.49. The van der Waals surface area contributed by atoms with Gasteiger partial charge in [-0.05, 0) is 17.5 Å². The number of hydrogen-bond donors (Lipinski definition) is 3. The minimum absolute atomic E-state index is 0.0360. The predicted octanol–water partition coefficient (Wildman–Crippen LogP) is 0.968. The van der Waals surface area contributed by atoms with E-state index in [0.29, 0.717) is 6.54 Å². The third-order valence-electron chi connectivity index (χ3n) is 2.62. The largest absolute Gasteiger partial charge is 0.465 e. The van der Waals surface area contributed by atoms with E-state index >= 15 is 0 Å². The van der Waals surface area contributed by atoms with Crippen LogP contribution in [0, 0.1) is 0 Å². The van der Waals surface area contributed by atoms with E-state index < -0.39 is 6.09 Å². The normalized spacial score (nSPS) is 20.1. The maximum absolute atomic E-state index is 10.6. The van der Waals surface area contributed by atoms with E-state index in [9.17, 15) is 4.79 Å². The highest BCUT2D eigenvalue weighted by molar-refractivity contribution is 5.65. The quantitative estimate of drug-likeness (QED) is 0.641. The zero-order valence-electron chi connectivity index (χ0n) is 8.36. The molecule has 1 atom stereocenters. The highest BCUT2D eigenvalue weighted by Gasteiger charge is 2.16. The van der Waals surface area contributed by atoms with Crippen molar-refractivity contribution in [1.29, 1.82) is 0 Å². The van der Waals surface area contributed by atoms with E-state index in [4.69, 9.17) is 5.11 Å². The smallest absolute Gasteiger partial charge is 0.404 e. The van der Waals surface area contributed by atoms with Gasteiger partial charge in [-0.2, -0.15) is 0 Å². The number of carboxylic acid groups (broad SMARTS) is 1. The average Bonchev–Trinajstić information content (AvgIpc) is 2.38. The van der Waals surface area contributed by atoms with Gasteiger partial charge in [0.05, 0.1) is 0 Å². The van der Waals surface area contributed by atoms with Gasteiger partial charge < -0.3 is 15.7 Å². The fourth-order valence-electron chi connectivity index (χ4n) is 1.92. The molecule has 4 nitrogen and oxygen atoms in total. The van der Waals surface area contributed by atoms with Crippen molar-refractivity contribution in [3.05, 3.63) is 35.4 Å². The van der Waals surface area contributed by atoms with Crippen LogP contribution in [-0.2, 0) is 13.0 Å². The Kier molecular flexibility index (Phi) is 2.87. The van der Waals surface area contributed by atoms with Crippen LogP contribution in [0.1, 0.15) is 11.1 Å². The highest BCUT2D eigenvalue weighted by Crippen LogP contribution is 2.13. The number of amides is 1. The van der Waals surface area contributed by atoms with Gasteiger partial charge in [0, 0.05) is 19.1 Å². The fraction of sp³-hybridized carbons (Fsp3) is 0.364. The number of fused-ring (bicyclic) bond motifs is 1. The first kappa shape index (κ1) is 9.98. The number of benzene rings is 1. The molecule has 2 rings (SSSR count). The molecular weight excluding hydrogens is 192 g/mol. The van der Waals surface area contributed by atoms with Crippen molar-refractivity contribution < 1.29 is 9.90 Å². The minimum atomic E-state index is -0.957. The second-order valence-electron chi connectivity index (χ2n) is 3.75. The third-order valence-corrected chi connectivity index (χ3v) is 2.62. The average molecular weight is 206 g/mol. The first-order chi connectivity index (χ1) is 7.25. The van der Waals surface area contributed by atoms with Gasteiger partial charge in [-0.25, -0.2) is 4.79 Å². The van der Waals surface area contributed by atoms with Crippen molar-refractivity contribution in [2.45, 2.75) is 19.0 Å². The van der Waals surface area contributed by atoms with Crippen LogP contribution in [0.3, 0.4) is 0 Å². The fourth-order valence-corrected chi connectivity index (χ4v) is 1.92. The molecule has 15 heavy (non-hydrogen) atoms. The summed E-state index contributed by atoms with van der Waals surface area (Å²) < 4.78 is 0. The molecular formula is C11H14N2O2. The molecule has 0 radical (unpaired) electrons. The van der Waals surface area contributed by atoms with Crippen LogP contribution in [0.15, 0.2) is 24.3 Å². The van der Waals surface area contributed by atoms with Gasteiger partial charge in [-0.1, -0.05) is 24.3 Å². The molecule has 1 aromatic carbocycles. The van der Waals surface area contributed by atoms with Crippen molar-refractivity contribution >= 4 is 6.09 Å². The zero-order chi connectivity index (χ0) is 10.7. The van der Waals surface area contributed by atoms with E-state index in [-0.39, 0.29) is 6.04 Å². The number of carbonyl (C=O) groups is 1. The van der Waals surface area contributed by atoms with E-state index in [1.807, 2.05) is 12.1 Å². The van der Waals surface area contributed by atoms with Gasteiger partial charge in [0.15, 0.2) is 0 Å². The lowest BCUT2D eigenvalue weighted by Gasteiger charge is -2.14. The first-order valence-electron chi connectivity index (χ1n) is 5.02. The number of hydrogen-bond acceptors (Lipinski definition) is 2. The van der Waals surface area contributed by atoms with E-state index in [1.54, 1.807) is 0 Å². The summed E-state index contributed by atoms with van der Waals surface area (Å²) in [7, 11) is 0. The van der Waals surface area contributed by atoms with Gasteiger partial charge in [-0.3, -0.25) is 0 Å². The second kappa shape index (κ2) is 4.31. The Bertz CT molecular complexity index is 365. The molecule has 1 heterocycles. The van der Waals surface area contributed by atoms with Crippen molar-refractivity contribution in [3.8, 4) is 0 Å². The minimum Gasteiger partial charge on any atom is -0.465 e. The Morgan fingerprint density at radius 3 is 2.87 bits per heavy atom. The van der Waals surface area contributed by atoms with Crippen LogP contribution in [0.4, 0.5) is 4.79 Å². The molecule has 0 aliphatic carbocycles. The molecule has 80 valence electrons. The topological polar surface area (TPSA) is 61.4 Å². The Morgan fingerprint density at radius 1 is 1.40 bits per heavy atom. The van der Waals surface area contributed by atoms with Crippen LogP contribution < -0.4 is 10.6 Å². The molecule has 0 spiro atoms. The predicted molar refractivity (Wildman–Crippen MR) is 56.8 cm³/mol. The van der Waals surface area contributed by atoms with E-state index in [0.717, 1.165) is 13.0 Å². The van der Waals surface area contributed by atoms with Gasteiger partial charge in [0.2, 0.25) is 0 Å². The summed E-state index contributed by atoms with van der Waals surface area (Å²) in [4.78, 5) is 10.6. The number of nitrogens with one attached hydrogen (secondary N) is 2. The first-order valence-corrected chi connectivity index (χ1v) is 5.02. The number of rotatable bonds is 1. The lowest BCUT2D eigenvalue weighted by atomic mass is 10.0. The molecule has 1 aliphatic rings. The summed E-state index contributed by atoms with van der Waals surface area (Å²) in [6, 6.07) is 8.09. The van der Waals surface area contributed by atoms with Crippen LogP contribution in [-0.4, -0.2) is 23.8 Å². The molecule has 0 fully saturated rings. The van der Waals surface area contributed by atoms with E-state index in [1.165, 1.54) is 11.1 Å². The van der Waals surface area contributed by atoms with Gasteiger partial charge >= 0.3 is 6.09 Å². The summed E-state index contributed by atoms with van der Waals surface area (Å²) >= 11 is 0. The Balaban J connectivity index is 2.13. The summed E-state index contributed by atoms with van der Waals surface area (Å²) in [6.07, 6.45) is -0.198. The Morgan fingerprint density at radius 2 is 2.13 bits per heavy atom. The van der Waals surface area contributed by atoms with Crippen LogP contribution in [0.2, 0.25) is 0 Å². The van der Waals surface area contributed by atoms with Crippen LogP contribution in [0.25, 0.3) is 0 Å². The molecule has 1 amide bonds. The summed E-state index contributed by atoms with van der Waals surface area (Å²) in [5.41, 5.74) is 2.48. The van der Waals surface area contributed by atoms with E-state index in [2.05, 4.69) is 22.8 Å². The highest BCUT2D eigenvalue weighted by atomic mass is 16.4. The zero-order valence-corrected chi connectivity index (χ0v) is 8.36. The van der Waals surface area contributed by atoms with Gasteiger partial charge in [0.25, 0.3) is 0 Å². The van der Waals surface area contributed by atoms with Crippen LogP contribution >= 0.6 is 0 Å². The second-order valence-corrected chi connectivity index (χ2v) is 3.75. The third kappa shape index (κ3) is 2.47. The molecule has 3 N–H and O–H groups in total. The Hall–Kier alpha value is -1.55. The maximum atomic E-state index is 10.6. The van der Waals surface area contributed by atoms with Crippen molar-refractivity contribution in [3.63, 3.8) is 0 Å². The van der Waals surface area contributed by atoms with Gasteiger partial charge in [-0.15, -0.1) is 0 Å².